The van der Waals surface area contributed by atoms with Crippen molar-refractivity contribution in [3.8, 4) is 0 Å². The molecule has 118 valence electrons. The van der Waals surface area contributed by atoms with Crippen LogP contribution in [0.15, 0.2) is 42.0 Å². The zero-order chi connectivity index (χ0) is 15.6. The van der Waals surface area contributed by atoms with Gasteiger partial charge in [-0.05, 0) is 30.0 Å². The molecule has 1 aliphatic heterocycles. The average molecular weight is 328 g/mol. The first-order valence-corrected chi connectivity index (χ1v) is 8.62. The Morgan fingerprint density at radius 2 is 1.87 bits per heavy atom. The highest BCUT2D eigenvalue weighted by Crippen LogP contribution is 2.24. The molecule has 0 N–H and O–H groups in total. The fourth-order valence-corrected chi connectivity index (χ4v) is 3.72. The SMILES string of the molecule is Fc1cncc(N2CCCN(c3ccc4sccc4n3)CC2)c1. The van der Waals surface area contributed by atoms with Crippen LogP contribution < -0.4 is 9.80 Å². The van der Waals surface area contributed by atoms with E-state index >= 15 is 0 Å². The summed E-state index contributed by atoms with van der Waals surface area (Å²) in [7, 11) is 0. The fourth-order valence-electron chi connectivity index (χ4n) is 3.00. The van der Waals surface area contributed by atoms with Gasteiger partial charge in [-0.2, -0.15) is 0 Å². The van der Waals surface area contributed by atoms with E-state index in [9.17, 15) is 4.39 Å². The molecule has 0 saturated carbocycles. The summed E-state index contributed by atoms with van der Waals surface area (Å²) in [6.07, 6.45) is 3.99. The molecule has 1 aliphatic rings. The van der Waals surface area contributed by atoms with E-state index in [1.54, 1.807) is 23.6 Å². The summed E-state index contributed by atoms with van der Waals surface area (Å²) in [6.45, 7) is 3.58. The van der Waals surface area contributed by atoms with Crippen molar-refractivity contribution >= 4 is 33.1 Å². The van der Waals surface area contributed by atoms with Crippen LogP contribution in [0.5, 0.6) is 0 Å². The van der Waals surface area contributed by atoms with Crippen LogP contribution in [0.2, 0.25) is 0 Å². The van der Waals surface area contributed by atoms with Crippen LogP contribution in [0.3, 0.4) is 0 Å². The summed E-state index contributed by atoms with van der Waals surface area (Å²) < 4.78 is 14.6. The van der Waals surface area contributed by atoms with Gasteiger partial charge in [0.25, 0.3) is 0 Å². The van der Waals surface area contributed by atoms with Crippen molar-refractivity contribution in [2.24, 2.45) is 0 Å². The van der Waals surface area contributed by atoms with Crippen LogP contribution in [0, 0.1) is 5.82 Å². The van der Waals surface area contributed by atoms with Gasteiger partial charge in [-0.1, -0.05) is 0 Å². The quantitative estimate of drug-likeness (QED) is 0.720. The number of nitrogens with zero attached hydrogens (tertiary/aromatic N) is 4. The number of fused-ring (bicyclic) bond motifs is 1. The van der Waals surface area contributed by atoms with Gasteiger partial charge < -0.3 is 9.80 Å². The third kappa shape index (κ3) is 2.99. The molecule has 3 aromatic rings. The summed E-state index contributed by atoms with van der Waals surface area (Å²) in [5.74, 6) is 0.739. The zero-order valence-corrected chi connectivity index (χ0v) is 13.5. The maximum atomic E-state index is 13.4. The molecule has 23 heavy (non-hydrogen) atoms. The van der Waals surface area contributed by atoms with Crippen LogP contribution in [0.1, 0.15) is 6.42 Å². The molecule has 3 aromatic heterocycles. The Kier molecular flexibility index (Phi) is 3.83. The Morgan fingerprint density at radius 3 is 2.78 bits per heavy atom. The Balaban J connectivity index is 1.52. The van der Waals surface area contributed by atoms with E-state index in [0.29, 0.717) is 0 Å². The van der Waals surface area contributed by atoms with Crippen molar-refractivity contribution in [2.45, 2.75) is 6.42 Å². The molecule has 0 amide bonds. The molecule has 0 radical (unpaired) electrons. The number of hydrogen-bond donors (Lipinski definition) is 0. The minimum absolute atomic E-state index is 0.284. The molecule has 0 aromatic carbocycles. The summed E-state index contributed by atoms with van der Waals surface area (Å²) in [4.78, 5) is 13.2. The normalized spacial score (nSPS) is 15.9. The van der Waals surface area contributed by atoms with E-state index in [4.69, 9.17) is 4.98 Å². The van der Waals surface area contributed by atoms with Gasteiger partial charge >= 0.3 is 0 Å². The third-order valence-electron chi connectivity index (χ3n) is 4.17. The number of aromatic nitrogens is 2. The Bertz CT molecular complexity index is 819. The fraction of sp³-hybridized carbons (Fsp3) is 0.294. The van der Waals surface area contributed by atoms with Crippen LogP contribution in [0.25, 0.3) is 10.2 Å². The van der Waals surface area contributed by atoms with E-state index in [1.165, 1.54) is 10.9 Å². The lowest BCUT2D eigenvalue weighted by atomic mass is 10.3. The topological polar surface area (TPSA) is 32.3 Å². The number of thiophene rings is 1. The van der Waals surface area contributed by atoms with E-state index in [1.807, 2.05) is 0 Å². The van der Waals surface area contributed by atoms with Crippen molar-refractivity contribution < 1.29 is 4.39 Å². The lowest BCUT2D eigenvalue weighted by Crippen LogP contribution is -2.31. The first-order chi connectivity index (χ1) is 11.3. The third-order valence-corrected chi connectivity index (χ3v) is 5.04. The van der Waals surface area contributed by atoms with Crippen molar-refractivity contribution in [2.75, 3.05) is 36.0 Å². The summed E-state index contributed by atoms with van der Waals surface area (Å²) >= 11 is 1.71. The lowest BCUT2D eigenvalue weighted by molar-refractivity contribution is 0.620. The molecule has 4 heterocycles. The molecule has 4 nitrogen and oxygen atoms in total. The molecule has 0 unspecified atom stereocenters. The van der Waals surface area contributed by atoms with Crippen molar-refractivity contribution in [1.29, 1.82) is 0 Å². The minimum atomic E-state index is -0.284. The Labute approximate surface area is 138 Å². The molecule has 1 fully saturated rings. The number of rotatable bonds is 2. The van der Waals surface area contributed by atoms with Gasteiger partial charge in [0.15, 0.2) is 0 Å². The second kappa shape index (κ2) is 6.12. The number of hydrogen-bond acceptors (Lipinski definition) is 5. The summed E-state index contributed by atoms with van der Waals surface area (Å²) in [5, 5.41) is 2.07. The van der Waals surface area contributed by atoms with Gasteiger partial charge in [0, 0.05) is 32.2 Å². The molecule has 0 spiro atoms. The maximum absolute atomic E-state index is 13.4. The van der Waals surface area contributed by atoms with Gasteiger partial charge in [-0.3, -0.25) is 4.98 Å². The summed E-state index contributed by atoms with van der Waals surface area (Å²) in [6, 6.07) is 7.85. The maximum Gasteiger partial charge on any atom is 0.143 e. The van der Waals surface area contributed by atoms with Gasteiger partial charge in [-0.25, -0.2) is 9.37 Å². The second-order valence-corrected chi connectivity index (χ2v) is 6.61. The van der Waals surface area contributed by atoms with Crippen LogP contribution in [0.4, 0.5) is 15.9 Å². The molecule has 0 bridgehead atoms. The lowest BCUT2D eigenvalue weighted by Gasteiger charge is -2.24. The Morgan fingerprint density at radius 1 is 1.00 bits per heavy atom. The van der Waals surface area contributed by atoms with Crippen molar-refractivity contribution in [1.82, 2.24) is 9.97 Å². The number of halogens is 1. The second-order valence-electron chi connectivity index (χ2n) is 5.66. The van der Waals surface area contributed by atoms with Crippen molar-refractivity contribution in [3.63, 3.8) is 0 Å². The molecular weight excluding hydrogens is 311 g/mol. The highest BCUT2D eigenvalue weighted by atomic mass is 32.1. The molecule has 6 heteroatoms. The smallest absolute Gasteiger partial charge is 0.143 e. The van der Waals surface area contributed by atoms with Gasteiger partial charge in [0.05, 0.1) is 28.3 Å². The van der Waals surface area contributed by atoms with Crippen molar-refractivity contribution in [3.05, 3.63) is 47.9 Å². The van der Waals surface area contributed by atoms with E-state index < -0.39 is 0 Å². The van der Waals surface area contributed by atoms with Crippen LogP contribution >= 0.6 is 11.3 Å². The first kappa shape index (κ1) is 14.4. The predicted octanol–water partition coefficient (Wildman–Crippen LogP) is 3.55. The predicted molar refractivity (Wildman–Crippen MR) is 92.9 cm³/mol. The molecule has 4 rings (SSSR count). The Hall–Kier alpha value is -2.21. The number of anilines is 2. The monoisotopic (exact) mass is 328 g/mol. The van der Waals surface area contributed by atoms with Crippen LogP contribution in [-0.4, -0.2) is 36.1 Å². The van der Waals surface area contributed by atoms with Crippen LogP contribution in [-0.2, 0) is 0 Å². The largest absolute Gasteiger partial charge is 0.368 e. The van der Waals surface area contributed by atoms with E-state index in [-0.39, 0.29) is 5.82 Å². The number of pyridine rings is 2. The molecule has 1 saturated heterocycles. The van der Waals surface area contributed by atoms with Gasteiger partial charge in [0.2, 0.25) is 0 Å². The van der Waals surface area contributed by atoms with Gasteiger partial charge in [-0.15, -0.1) is 11.3 Å². The molecule has 0 atom stereocenters. The molecular formula is C17H17FN4S. The minimum Gasteiger partial charge on any atom is -0.368 e. The standard InChI is InChI=1S/C17H17FN4S/c18-13-10-14(12-19-11-13)21-5-1-6-22(8-7-21)17-3-2-16-15(20-17)4-9-23-16/h2-4,9-12H,1,5-8H2. The zero-order valence-electron chi connectivity index (χ0n) is 12.7. The average Bonchev–Trinajstić information content (AvgIpc) is 2.89. The molecule has 0 aliphatic carbocycles. The summed E-state index contributed by atoms with van der Waals surface area (Å²) in [5.41, 5.74) is 1.91. The van der Waals surface area contributed by atoms with Gasteiger partial charge in [0.1, 0.15) is 11.6 Å². The highest BCUT2D eigenvalue weighted by Gasteiger charge is 2.17. The highest BCUT2D eigenvalue weighted by molar-refractivity contribution is 7.17. The first-order valence-electron chi connectivity index (χ1n) is 7.74. The van der Waals surface area contributed by atoms with E-state index in [0.717, 1.165) is 49.6 Å². The van der Waals surface area contributed by atoms with E-state index in [2.05, 4.69) is 38.4 Å².